The maximum absolute atomic E-state index is 5.45. The Bertz CT molecular complexity index is 582. The largest absolute Gasteiger partial charge is 0.308 e. The van der Waals surface area contributed by atoms with Gasteiger partial charge >= 0.3 is 0 Å². The number of aromatic nitrogens is 4. The monoisotopic (exact) mass is 312 g/mol. The summed E-state index contributed by atoms with van der Waals surface area (Å²) in [5, 5.41) is 9.05. The molecule has 2 heterocycles. The molecule has 0 aromatic carbocycles. The summed E-state index contributed by atoms with van der Waals surface area (Å²) in [6, 6.07) is 1.83. The van der Waals surface area contributed by atoms with E-state index < -0.39 is 0 Å². The van der Waals surface area contributed by atoms with Gasteiger partial charge in [0.05, 0.1) is 0 Å². The third-order valence-electron chi connectivity index (χ3n) is 2.56. The van der Waals surface area contributed by atoms with Gasteiger partial charge in [-0.2, -0.15) is 0 Å². The SMILES string of the molecule is CSc1nnc(Sc2cc(NN)nc(C3CC3)n2)s1. The summed E-state index contributed by atoms with van der Waals surface area (Å²) in [6.07, 6.45) is 4.31. The van der Waals surface area contributed by atoms with Gasteiger partial charge in [-0.15, -0.1) is 10.2 Å². The number of anilines is 1. The van der Waals surface area contributed by atoms with E-state index in [4.69, 9.17) is 5.84 Å². The molecule has 0 amide bonds. The van der Waals surface area contributed by atoms with Crippen LogP contribution in [-0.2, 0) is 0 Å². The molecule has 100 valence electrons. The highest BCUT2D eigenvalue weighted by atomic mass is 32.2. The van der Waals surface area contributed by atoms with Crippen molar-refractivity contribution in [1.29, 1.82) is 0 Å². The number of nitrogens with zero attached hydrogens (tertiary/aromatic N) is 4. The summed E-state index contributed by atoms with van der Waals surface area (Å²) < 4.78 is 1.84. The van der Waals surface area contributed by atoms with Gasteiger partial charge in [0, 0.05) is 12.0 Å². The van der Waals surface area contributed by atoms with Gasteiger partial charge in [0.1, 0.15) is 16.7 Å². The predicted molar refractivity (Wildman–Crippen MR) is 77.6 cm³/mol. The summed E-state index contributed by atoms with van der Waals surface area (Å²) in [4.78, 5) is 8.94. The van der Waals surface area contributed by atoms with Crippen LogP contribution >= 0.6 is 34.9 Å². The van der Waals surface area contributed by atoms with Gasteiger partial charge in [0.2, 0.25) is 0 Å². The number of nitrogens with two attached hydrogens (primary N) is 1. The number of nitrogen functional groups attached to an aromatic ring is 1. The summed E-state index contributed by atoms with van der Waals surface area (Å²) >= 11 is 4.65. The molecular formula is C10H12N6S3. The van der Waals surface area contributed by atoms with E-state index in [-0.39, 0.29) is 0 Å². The van der Waals surface area contributed by atoms with E-state index in [0.29, 0.717) is 11.7 Å². The number of hydrogen-bond donors (Lipinski definition) is 2. The molecule has 1 aliphatic rings. The highest BCUT2D eigenvalue weighted by molar-refractivity contribution is 8.02. The average Bonchev–Trinajstić information content (AvgIpc) is 3.19. The van der Waals surface area contributed by atoms with E-state index in [1.165, 1.54) is 11.8 Å². The van der Waals surface area contributed by atoms with Crippen molar-refractivity contribution < 1.29 is 0 Å². The lowest BCUT2D eigenvalue weighted by Crippen LogP contribution is -2.10. The Morgan fingerprint density at radius 1 is 1.32 bits per heavy atom. The van der Waals surface area contributed by atoms with Gasteiger partial charge in [-0.1, -0.05) is 23.1 Å². The van der Waals surface area contributed by atoms with E-state index in [1.807, 2.05) is 12.3 Å². The Balaban J connectivity index is 1.84. The Labute approximate surface area is 123 Å². The van der Waals surface area contributed by atoms with Crippen molar-refractivity contribution in [3.8, 4) is 0 Å². The maximum atomic E-state index is 5.45. The fourth-order valence-electron chi connectivity index (χ4n) is 1.50. The lowest BCUT2D eigenvalue weighted by atomic mass is 10.4. The number of hydrogen-bond acceptors (Lipinski definition) is 9. The minimum absolute atomic E-state index is 0.490. The Morgan fingerprint density at radius 2 is 2.11 bits per heavy atom. The fraction of sp³-hybridized carbons (Fsp3) is 0.400. The molecule has 0 bridgehead atoms. The first-order chi connectivity index (χ1) is 9.28. The fourth-order valence-corrected chi connectivity index (χ4v) is 3.90. The van der Waals surface area contributed by atoms with E-state index >= 15 is 0 Å². The van der Waals surface area contributed by atoms with Crippen molar-refractivity contribution in [2.45, 2.75) is 32.5 Å². The van der Waals surface area contributed by atoms with Gasteiger partial charge in [0.15, 0.2) is 8.68 Å². The summed E-state index contributed by atoms with van der Waals surface area (Å²) in [5.41, 5.74) is 2.59. The van der Waals surface area contributed by atoms with Gasteiger partial charge in [0.25, 0.3) is 0 Å². The molecule has 0 unspecified atom stereocenters. The second kappa shape index (κ2) is 5.61. The van der Waals surface area contributed by atoms with Crippen LogP contribution < -0.4 is 11.3 Å². The maximum Gasteiger partial charge on any atom is 0.181 e. The molecule has 1 aliphatic carbocycles. The molecule has 0 aliphatic heterocycles. The smallest absolute Gasteiger partial charge is 0.181 e. The lowest BCUT2D eigenvalue weighted by molar-refractivity contribution is 0.876. The highest BCUT2D eigenvalue weighted by Gasteiger charge is 2.27. The van der Waals surface area contributed by atoms with Gasteiger partial charge in [-0.3, -0.25) is 0 Å². The van der Waals surface area contributed by atoms with E-state index in [1.54, 1.807) is 23.1 Å². The van der Waals surface area contributed by atoms with E-state index in [2.05, 4.69) is 25.6 Å². The molecule has 1 saturated carbocycles. The Morgan fingerprint density at radius 3 is 2.74 bits per heavy atom. The first-order valence-corrected chi connectivity index (χ1v) is 8.55. The normalized spacial score (nSPS) is 14.6. The molecule has 19 heavy (non-hydrogen) atoms. The molecule has 9 heteroatoms. The number of hydrazine groups is 1. The predicted octanol–water partition coefficient (Wildman–Crippen LogP) is 2.36. The molecule has 2 aromatic heterocycles. The summed E-state index contributed by atoms with van der Waals surface area (Å²) in [7, 11) is 0. The van der Waals surface area contributed by atoms with Gasteiger partial charge in [-0.25, -0.2) is 15.8 Å². The van der Waals surface area contributed by atoms with Crippen LogP contribution in [0.5, 0.6) is 0 Å². The molecule has 0 radical (unpaired) electrons. The molecule has 6 nitrogen and oxygen atoms in total. The molecule has 0 saturated heterocycles. The molecular weight excluding hydrogens is 300 g/mol. The number of nitrogens with one attached hydrogen (secondary N) is 1. The minimum Gasteiger partial charge on any atom is -0.308 e. The van der Waals surface area contributed by atoms with Crippen LogP contribution in [0.1, 0.15) is 24.6 Å². The van der Waals surface area contributed by atoms with Crippen LogP contribution in [0, 0.1) is 0 Å². The first-order valence-electron chi connectivity index (χ1n) is 5.69. The van der Waals surface area contributed by atoms with Gasteiger partial charge in [-0.05, 0) is 30.9 Å². The third kappa shape index (κ3) is 3.16. The zero-order valence-corrected chi connectivity index (χ0v) is 12.6. The molecule has 0 spiro atoms. The third-order valence-corrected chi connectivity index (χ3v) is 5.43. The zero-order valence-electron chi connectivity index (χ0n) is 10.2. The second-order valence-corrected chi connectivity index (χ2v) is 7.31. The van der Waals surface area contributed by atoms with Crippen molar-refractivity contribution >= 4 is 40.7 Å². The van der Waals surface area contributed by atoms with Gasteiger partial charge < -0.3 is 5.43 Å². The molecule has 2 aromatic rings. The van der Waals surface area contributed by atoms with E-state index in [9.17, 15) is 0 Å². The lowest BCUT2D eigenvalue weighted by Gasteiger charge is -2.05. The number of rotatable bonds is 5. The summed E-state index contributed by atoms with van der Waals surface area (Å²) in [6.45, 7) is 0. The number of thioether (sulfide) groups is 1. The van der Waals surface area contributed by atoms with Crippen LogP contribution in [0.3, 0.4) is 0 Å². The van der Waals surface area contributed by atoms with Crippen LogP contribution in [0.15, 0.2) is 19.8 Å². The van der Waals surface area contributed by atoms with Crippen LogP contribution in [-0.4, -0.2) is 26.4 Å². The Kier molecular flexibility index (Phi) is 3.87. The topological polar surface area (TPSA) is 89.6 Å². The standard InChI is InChI=1S/C10H12N6S3/c1-17-9-15-16-10(19-9)18-7-4-6(14-11)12-8(13-7)5-2-3-5/h4-5H,2-3,11H2,1H3,(H,12,13,14). The van der Waals surface area contributed by atoms with Crippen molar-refractivity contribution in [3.63, 3.8) is 0 Å². The molecule has 3 N–H and O–H groups in total. The zero-order chi connectivity index (χ0) is 13.2. The van der Waals surface area contributed by atoms with Crippen LogP contribution in [0.4, 0.5) is 5.82 Å². The average molecular weight is 312 g/mol. The molecule has 3 rings (SSSR count). The van der Waals surface area contributed by atoms with Crippen molar-refractivity contribution in [3.05, 3.63) is 11.9 Å². The van der Waals surface area contributed by atoms with Crippen LogP contribution in [0.25, 0.3) is 0 Å². The van der Waals surface area contributed by atoms with Crippen LogP contribution in [0.2, 0.25) is 0 Å². The summed E-state index contributed by atoms with van der Waals surface area (Å²) in [5.74, 6) is 7.45. The van der Waals surface area contributed by atoms with E-state index in [0.717, 1.165) is 32.4 Å². The first kappa shape index (κ1) is 13.1. The molecule has 1 fully saturated rings. The quantitative estimate of drug-likeness (QED) is 0.376. The minimum atomic E-state index is 0.490. The Hall–Kier alpha value is -0.900. The van der Waals surface area contributed by atoms with Crippen molar-refractivity contribution in [1.82, 2.24) is 20.2 Å². The molecule has 0 atom stereocenters. The van der Waals surface area contributed by atoms with Crippen molar-refractivity contribution in [2.75, 3.05) is 11.7 Å². The highest BCUT2D eigenvalue weighted by Crippen LogP contribution is 2.40. The second-order valence-electron chi connectivity index (χ2n) is 4.01. The van der Waals surface area contributed by atoms with Crippen molar-refractivity contribution in [2.24, 2.45) is 5.84 Å².